The number of carbonyl (C=O) groups is 1. The fraction of sp³-hybridized carbons (Fsp3) is 0.412. The Kier molecular flexibility index (Phi) is 6.09. The Balaban J connectivity index is 2.14. The Labute approximate surface area is 140 Å². The van der Waals surface area contributed by atoms with Crippen molar-refractivity contribution in [1.82, 2.24) is 0 Å². The molecule has 0 atom stereocenters. The Bertz CT molecular complexity index is 638. The van der Waals surface area contributed by atoms with Crippen LogP contribution in [0.1, 0.15) is 37.8 Å². The predicted molar refractivity (Wildman–Crippen MR) is 93.8 cm³/mol. The zero-order chi connectivity index (χ0) is 16.1. The van der Waals surface area contributed by atoms with Crippen molar-refractivity contribution < 1.29 is 9.53 Å². The molecule has 0 unspecified atom stereocenters. The second-order valence-corrected chi connectivity index (χ2v) is 6.73. The molecule has 0 amide bonds. The van der Waals surface area contributed by atoms with Crippen LogP contribution < -0.4 is 0 Å². The number of hydrogen-bond donors (Lipinski definition) is 0. The number of aryl methyl sites for hydroxylation is 1. The standard InChI is InChI=1S/C17H20ClNO2S/c1-4-13-10-19-16(14-6-5-11(2)9-15(14)18)21-17(13)22-8-7-12(3)20/h5-6,9H,4,7-8,10H2,1-3H3. The maximum Gasteiger partial charge on any atom is 0.224 e. The minimum Gasteiger partial charge on any atom is -0.432 e. The summed E-state index contributed by atoms with van der Waals surface area (Å²) >= 11 is 7.88. The molecular weight excluding hydrogens is 318 g/mol. The van der Waals surface area contributed by atoms with Gasteiger partial charge in [-0.2, -0.15) is 0 Å². The van der Waals surface area contributed by atoms with E-state index in [1.54, 1.807) is 18.7 Å². The minimum absolute atomic E-state index is 0.192. The summed E-state index contributed by atoms with van der Waals surface area (Å²) in [6, 6.07) is 5.84. The van der Waals surface area contributed by atoms with E-state index in [0.717, 1.165) is 28.4 Å². The van der Waals surface area contributed by atoms with Crippen LogP contribution in [0, 0.1) is 6.92 Å². The second-order valence-electron chi connectivity index (χ2n) is 5.25. The summed E-state index contributed by atoms with van der Waals surface area (Å²) in [6.45, 7) is 6.32. The van der Waals surface area contributed by atoms with Gasteiger partial charge in [0, 0.05) is 17.7 Å². The molecule has 1 heterocycles. The maximum absolute atomic E-state index is 11.1. The van der Waals surface area contributed by atoms with E-state index in [1.165, 1.54) is 5.57 Å². The Morgan fingerprint density at radius 3 is 2.86 bits per heavy atom. The van der Waals surface area contributed by atoms with Gasteiger partial charge in [-0.15, -0.1) is 0 Å². The van der Waals surface area contributed by atoms with Crippen LogP contribution in [-0.2, 0) is 9.53 Å². The molecule has 0 fully saturated rings. The first-order valence-electron chi connectivity index (χ1n) is 7.34. The smallest absolute Gasteiger partial charge is 0.224 e. The van der Waals surface area contributed by atoms with E-state index < -0.39 is 0 Å². The van der Waals surface area contributed by atoms with Crippen LogP contribution in [-0.4, -0.2) is 24.0 Å². The SMILES string of the molecule is CCC1=C(SCCC(C)=O)OC(c2ccc(C)cc2Cl)=NC1. The largest absolute Gasteiger partial charge is 0.432 e. The van der Waals surface area contributed by atoms with Gasteiger partial charge in [-0.3, -0.25) is 4.79 Å². The lowest BCUT2D eigenvalue weighted by Gasteiger charge is -2.20. The summed E-state index contributed by atoms with van der Waals surface area (Å²) in [6.07, 6.45) is 1.44. The molecule has 0 bridgehead atoms. The zero-order valence-electron chi connectivity index (χ0n) is 13.1. The van der Waals surface area contributed by atoms with Crippen LogP contribution in [0.25, 0.3) is 0 Å². The molecular formula is C17H20ClNO2S. The number of nitrogens with zero attached hydrogens (tertiary/aromatic N) is 1. The summed E-state index contributed by atoms with van der Waals surface area (Å²) < 4.78 is 5.98. The maximum atomic E-state index is 11.1. The van der Waals surface area contributed by atoms with Gasteiger partial charge in [-0.1, -0.05) is 36.4 Å². The molecule has 22 heavy (non-hydrogen) atoms. The van der Waals surface area contributed by atoms with E-state index in [9.17, 15) is 4.79 Å². The highest BCUT2D eigenvalue weighted by molar-refractivity contribution is 8.02. The molecule has 0 aliphatic carbocycles. The molecule has 0 spiro atoms. The van der Waals surface area contributed by atoms with Crippen molar-refractivity contribution in [1.29, 1.82) is 0 Å². The van der Waals surface area contributed by atoms with Crippen LogP contribution in [0.15, 0.2) is 33.9 Å². The number of rotatable bonds is 6. The number of halogens is 1. The highest BCUT2D eigenvalue weighted by atomic mass is 35.5. The van der Waals surface area contributed by atoms with Crippen molar-refractivity contribution in [3.8, 4) is 0 Å². The number of hydrogen-bond acceptors (Lipinski definition) is 4. The van der Waals surface area contributed by atoms with Crippen molar-refractivity contribution in [3.63, 3.8) is 0 Å². The number of thioether (sulfide) groups is 1. The molecule has 1 aromatic rings. The topological polar surface area (TPSA) is 38.7 Å². The Morgan fingerprint density at radius 1 is 1.45 bits per heavy atom. The molecule has 0 saturated carbocycles. The van der Waals surface area contributed by atoms with Gasteiger partial charge < -0.3 is 4.74 Å². The monoisotopic (exact) mass is 337 g/mol. The highest BCUT2D eigenvalue weighted by Crippen LogP contribution is 2.30. The van der Waals surface area contributed by atoms with Crippen LogP contribution >= 0.6 is 23.4 Å². The summed E-state index contributed by atoms with van der Waals surface area (Å²) in [5.41, 5.74) is 3.08. The van der Waals surface area contributed by atoms with Gasteiger partial charge in [-0.05, 0) is 38.0 Å². The molecule has 3 nitrogen and oxygen atoms in total. The van der Waals surface area contributed by atoms with Gasteiger partial charge >= 0.3 is 0 Å². The van der Waals surface area contributed by atoms with Gasteiger partial charge in [0.05, 0.1) is 17.1 Å². The van der Waals surface area contributed by atoms with Crippen LogP contribution in [0.3, 0.4) is 0 Å². The third-order valence-electron chi connectivity index (χ3n) is 3.36. The minimum atomic E-state index is 0.192. The van der Waals surface area contributed by atoms with E-state index in [4.69, 9.17) is 16.3 Å². The Hall–Kier alpha value is -1.26. The first-order chi connectivity index (χ1) is 10.5. The molecule has 0 saturated heterocycles. The first kappa shape index (κ1) is 17.1. The number of aliphatic imine (C=N–C) groups is 1. The third kappa shape index (κ3) is 4.37. The molecule has 1 aromatic carbocycles. The molecule has 1 aliphatic rings. The second kappa shape index (κ2) is 7.84. The highest BCUT2D eigenvalue weighted by Gasteiger charge is 2.20. The lowest BCUT2D eigenvalue weighted by molar-refractivity contribution is -0.116. The average molecular weight is 338 g/mol. The molecule has 2 rings (SSSR count). The quantitative estimate of drug-likeness (QED) is 0.751. The summed E-state index contributed by atoms with van der Waals surface area (Å²) in [5.74, 6) is 1.48. The first-order valence-corrected chi connectivity index (χ1v) is 8.70. The van der Waals surface area contributed by atoms with Gasteiger partial charge in [-0.25, -0.2) is 4.99 Å². The van der Waals surface area contributed by atoms with Gasteiger partial charge in [0.1, 0.15) is 5.78 Å². The fourth-order valence-electron chi connectivity index (χ4n) is 2.03. The average Bonchev–Trinajstić information content (AvgIpc) is 2.47. The van der Waals surface area contributed by atoms with Gasteiger partial charge in [0.25, 0.3) is 0 Å². The van der Waals surface area contributed by atoms with Crippen molar-refractivity contribution >= 4 is 35.0 Å². The number of ether oxygens (including phenoxy) is 1. The number of Topliss-reactive ketones (excluding diaryl/α,β-unsaturated/α-hetero) is 1. The number of carbonyl (C=O) groups excluding carboxylic acids is 1. The lowest BCUT2D eigenvalue weighted by Crippen LogP contribution is -2.15. The van der Waals surface area contributed by atoms with Crippen molar-refractivity contribution in [2.75, 3.05) is 12.3 Å². The van der Waals surface area contributed by atoms with Crippen molar-refractivity contribution in [2.45, 2.75) is 33.6 Å². The normalized spacial score (nSPS) is 14.6. The van der Waals surface area contributed by atoms with E-state index in [1.807, 2.05) is 25.1 Å². The van der Waals surface area contributed by atoms with E-state index >= 15 is 0 Å². The third-order valence-corrected chi connectivity index (χ3v) is 4.72. The van der Waals surface area contributed by atoms with Crippen molar-refractivity contribution in [2.24, 2.45) is 4.99 Å². The zero-order valence-corrected chi connectivity index (χ0v) is 14.7. The molecule has 0 N–H and O–H groups in total. The Morgan fingerprint density at radius 2 is 2.23 bits per heavy atom. The van der Waals surface area contributed by atoms with Crippen LogP contribution in [0.4, 0.5) is 0 Å². The fourth-order valence-corrected chi connectivity index (χ4v) is 3.47. The molecule has 0 aromatic heterocycles. The summed E-state index contributed by atoms with van der Waals surface area (Å²) in [7, 11) is 0. The number of ketones is 1. The predicted octanol–water partition coefficient (Wildman–Crippen LogP) is 4.76. The van der Waals surface area contributed by atoms with Crippen LogP contribution in [0.2, 0.25) is 5.02 Å². The number of benzene rings is 1. The molecule has 0 radical (unpaired) electrons. The van der Waals surface area contributed by atoms with Crippen LogP contribution in [0.5, 0.6) is 0 Å². The van der Waals surface area contributed by atoms with E-state index in [-0.39, 0.29) is 5.78 Å². The van der Waals surface area contributed by atoms with E-state index in [0.29, 0.717) is 23.9 Å². The van der Waals surface area contributed by atoms with Crippen molar-refractivity contribution in [3.05, 3.63) is 45.0 Å². The van der Waals surface area contributed by atoms with E-state index in [2.05, 4.69) is 11.9 Å². The molecule has 118 valence electrons. The molecule has 5 heteroatoms. The van der Waals surface area contributed by atoms with Gasteiger partial charge in [0.15, 0.2) is 5.09 Å². The summed E-state index contributed by atoms with van der Waals surface area (Å²) in [4.78, 5) is 15.6. The lowest BCUT2D eigenvalue weighted by atomic mass is 10.1. The van der Waals surface area contributed by atoms with Gasteiger partial charge in [0.2, 0.25) is 5.90 Å². The summed E-state index contributed by atoms with van der Waals surface area (Å²) in [5, 5.41) is 1.51. The molecule has 1 aliphatic heterocycles.